The first-order chi connectivity index (χ1) is 6.83. The minimum Gasteiger partial charge on any atom is -0.453 e. The van der Waals surface area contributed by atoms with Crippen LogP contribution >= 0.6 is 0 Å². The number of nitrogens with one attached hydrogen (secondary N) is 2. The number of hydrogen-bond acceptors (Lipinski definition) is 3. The van der Waals surface area contributed by atoms with Gasteiger partial charge in [0.25, 0.3) is 0 Å². The predicted molar refractivity (Wildman–Crippen MR) is 55.2 cm³/mol. The molecule has 4 nitrogen and oxygen atoms in total. The summed E-state index contributed by atoms with van der Waals surface area (Å²) >= 11 is 0. The minimum absolute atomic E-state index is 0.322. The number of hydrogen-bond donors (Lipinski definition) is 2. The van der Waals surface area contributed by atoms with E-state index in [0.29, 0.717) is 0 Å². The van der Waals surface area contributed by atoms with Crippen LogP contribution in [0.2, 0.25) is 0 Å². The minimum atomic E-state index is -0.322. The molecule has 0 spiro atoms. The Labute approximate surface area is 85.4 Å². The van der Waals surface area contributed by atoms with Crippen molar-refractivity contribution < 1.29 is 9.53 Å². The maximum Gasteiger partial charge on any atom is 0.406 e. The first-order valence-electron chi connectivity index (χ1n) is 5.35. The van der Waals surface area contributed by atoms with Gasteiger partial charge in [-0.1, -0.05) is 0 Å². The average Bonchev–Trinajstić information content (AvgIpc) is 2.46. The molecule has 0 aromatic carbocycles. The van der Waals surface area contributed by atoms with Crippen molar-refractivity contribution in [2.24, 2.45) is 5.92 Å². The lowest BCUT2D eigenvalue weighted by atomic mass is 9.97. The summed E-state index contributed by atoms with van der Waals surface area (Å²) in [6.45, 7) is 2.99. The van der Waals surface area contributed by atoms with Crippen molar-refractivity contribution in [3.8, 4) is 0 Å². The number of carbonyl (C=O) groups is 1. The Morgan fingerprint density at radius 3 is 3.14 bits per heavy atom. The van der Waals surface area contributed by atoms with E-state index in [1.54, 1.807) is 0 Å². The van der Waals surface area contributed by atoms with Crippen LogP contribution < -0.4 is 10.6 Å². The maximum absolute atomic E-state index is 10.8. The lowest BCUT2D eigenvalue weighted by Crippen LogP contribution is -2.25. The van der Waals surface area contributed by atoms with Crippen molar-refractivity contribution in [3.05, 3.63) is 0 Å². The monoisotopic (exact) mass is 200 g/mol. The van der Waals surface area contributed by atoms with Gasteiger partial charge in [-0.3, -0.25) is 0 Å². The molecule has 14 heavy (non-hydrogen) atoms. The molecule has 0 aliphatic carbocycles. The Morgan fingerprint density at radius 2 is 2.36 bits per heavy atom. The SMILES string of the molecule is COC(=O)NCCC1CCCNCC1. The third kappa shape index (κ3) is 4.46. The summed E-state index contributed by atoms with van der Waals surface area (Å²) in [5.41, 5.74) is 0. The smallest absolute Gasteiger partial charge is 0.406 e. The third-order valence-corrected chi connectivity index (χ3v) is 2.70. The Bertz CT molecular complexity index is 166. The van der Waals surface area contributed by atoms with E-state index in [1.807, 2.05) is 0 Å². The number of carbonyl (C=O) groups excluding carboxylic acids is 1. The number of rotatable bonds is 3. The van der Waals surface area contributed by atoms with Crippen LogP contribution in [-0.2, 0) is 4.74 Å². The molecule has 1 unspecified atom stereocenters. The number of ether oxygens (including phenoxy) is 1. The van der Waals surface area contributed by atoms with Crippen LogP contribution in [0.3, 0.4) is 0 Å². The molecule has 0 radical (unpaired) electrons. The summed E-state index contributed by atoms with van der Waals surface area (Å²) in [4.78, 5) is 10.8. The molecule has 0 aromatic rings. The highest BCUT2D eigenvalue weighted by Crippen LogP contribution is 2.16. The quantitative estimate of drug-likeness (QED) is 0.718. The van der Waals surface area contributed by atoms with Crippen molar-refractivity contribution >= 4 is 6.09 Å². The molecule has 2 N–H and O–H groups in total. The van der Waals surface area contributed by atoms with Gasteiger partial charge in [-0.25, -0.2) is 4.79 Å². The Morgan fingerprint density at radius 1 is 1.50 bits per heavy atom. The normalized spacial score (nSPS) is 22.5. The summed E-state index contributed by atoms with van der Waals surface area (Å²) in [7, 11) is 1.39. The number of alkyl carbamates (subject to hydrolysis) is 1. The van der Waals surface area contributed by atoms with Crippen LogP contribution in [0.15, 0.2) is 0 Å². The molecule has 0 saturated carbocycles. The van der Waals surface area contributed by atoms with Crippen LogP contribution in [0, 0.1) is 5.92 Å². The van der Waals surface area contributed by atoms with E-state index in [1.165, 1.54) is 26.4 Å². The molecule has 1 rings (SSSR count). The molecule has 1 saturated heterocycles. The van der Waals surface area contributed by atoms with Gasteiger partial charge in [-0.05, 0) is 44.7 Å². The second-order valence-corrected chi connectivity index (χ2v) is 3.75. The fourth-order valence-electron chi connectivity index (χ4n) is 1.83. The molecule has 0 bridgehead atoms. The first kappa shape index (κ1) is 11.3. The van der Waals surface area contributed by atoms with Crippen molar-refractivity contribution in [1.82, 2.24) is 10.6 Å². The van der Waals surface area contributed by atoms with Crippen molar-refractivity contribution in [2.45, 2.75) is 25.7 Å². The second kappa shape index (κ2) is 6.65. The summed E-state index contributed by atoms with van der Waals surface area (Å²) in [6.07, 6.45) is 4.50. The zero-order valence-corrected chi connectivity index (χ0v) is 8.84. The van der Waals surface area contributed by atoms with Gasteiger partial charge in [0, 0.05) is 6.54 Å². The Balaban J connectivity index is 2.07. The molecule has 1 amide bonds. The second-order valence-electron chi connectivity index (χ2n) is 3.75. The largest absolute Gasteiger partial charge is 0.453 e. The van der Waals surface area contributed by atoms with Crippen LogP contribution in [0.5, 0.6) is 0 Å². The van der Waals surface area contributed by atoms with Crippen molar-refractivity contribution in [1.29, 1.82) is 0 Å². The summed E-state index contributed by atoms with van der Waals surface area (Å²) in [5.74, 6) is 0.752. The highest BCUT2D eigenvalue weighted by molar-refractivity contribution is 5.66. The van der Waals surface area contributed by atoms with Gasteiger partial charge in [0.1, 0.15) is 0 Å². The van der Waals surface area contributed by atoms with Gasteiger partial charge in [0.05, 0.1) is 7.11 Å². The van der Waals surface area contributed by atoms with E-state index < -0.39 is 0 Å². The van der Waals surface area contributed by atoms with Gasteiger partial charge in [-0.2, -0.15) is 0 Å². The summed E-state index contributed by atoms with van der Waals surface area (Å²) < 4.78 is 4.50. The molecular weight excluding hydrogens is 180 g/mol. The first-order valence-corrected chi connectivity index (χ1v) is 5.35. The van der Waals surface area contributed by atoms with E-state index in [2.05, 4.69) is 15.4 Å². The lowest BCUT2D eigenvalue weighted by molar-refractivity contribution is 0.170. The van der Waals surface area contributed by atoms with Crippen molar-refractivity contribution in [3.63, 3.8) is 0 Å². The molecule has 0 aromatic heterocycles. The molecule has 82 valence electrons. The predicted octanol–water partition coefficient (Wildman–Crippen LogP) is 1.12. The van der Waals surface area contributed by atoms with Crippen molar-refractivity contribution in [2.75, 3.05) is 26.7 Å². The van der Waals surface area contributed by atoms with Gasteiger partial charge >= 0.3 is 6.09 Å². The van der Waals surface area contributed by atoms with Gasteiger partial charge < -0.3 is 15.4 Å². The van der Waals surface area contributed by atoms with E-state index in [0.717, 1.165) is 32.0 Å². The molecule has 1 aliphatic heterocycles. The fraction of sp³-hybridized carbons (Fsp3) is 0.900. The molecule has 1 fully saturated rings. The Hall–Kier alpha value is -0.770. The van der Waals surface area contributed by atoms with Crippen LogP contribution in [0.25, 0.3) is 0 Å². The van der Waals surface area contributed by atoms with E-state index >= 15 is 0 Å². The molecule has 1 atom stereocenters. The topological polar surface area (TPSA) is 50.4 Å². The number of methoxy groups -OCH3 is 1. The summed E-state index contributed by atoms with van der Waals surface area (Å²) in [5, 5.41) is 6.09. The maximum atomic E-state index is 10.8. The molecule has 1 aliphatic rings. The van der Waals surface area contributed by atoms with Crippen LogP contribution in [-0.4, -0.2) is 32.8 Å². The van der Waals surface area contributed by atoms with E-state index in [4.69, 9.17) is 0 Å². The highest BCUT2D eigenvalue weighted by atomic mass is 16.5. The van der Waals surface area contributed by atoms with Gasteiger partial charge in [-0.15, -0.1) is 0 Å². The molecular formula is C10H20N2O2. The lowest BCUT2D eigenvalue weighted by Gasteiger charge is -2.13. The summed E-state index contributed by atoms with van der Waals surface area (Å²) in [6, 6.07) is 0. The zero-order chi connectivity index (χ0) is 10.2. The number of amides is 1. The molecule has 1 heterocycles. The zero-order valence-electron chi connectivity index (χ0n) is 8.84. The third-order valence-electron chi connectivity index (χ3n) is 2.70. The standard InChI is InChI=1S/C10H20N2O2/c1-14-10(13)12-8-5-9-3-2-6-11-7-4-9/h9,11H,2-8H2,1H3,(H,12,13). The highest BCUT2D eigenvalue weighted by Gasteiger charge is 2.11. The van der Waals surface area contributed by atoms with Gasteiger partial charge in [0.2, 0.25) is 0 Å². The average molecular weight is 200 g/mol. The Kier molecular flexibility index (Phi) is 5.37. The van der Waals surface area contributed by atoms with Crippen LogP contribution in [0.1, 0.15) is 25.7 Å². The molecule has 4 heteroatoms. The van der Waals surface area contributed by atoms with E-state index in [-0.39, 0.29) is 6.09 Å². The fourth-order valence-corrected chi connectivity index (χ4v) is 1.83. The van der Waals surface area contributed by atoms with Crippen LogP contribution in [0.4, 0.5) is 4.79 Å². The van der Waals surface area contributed by atoms with E-state index in [9.17, 15) is 4.79 Å². The van der Waals surface area contributed by atoms with Gasteiger partial charge in [0.15, 0.2) is 0 Å².